The number of nitrogens with zero attached hydrogens (tertiary/aromatic N) is 1. The Kier molecular flexibility index (Phi) is 5.00. The zero-order chi connectivity index (χ0) is 14.1. The number of benzene rings is 1. The lowest BCUT2D eigenvalue weighted by Crippen LogP contribution is -2.59. The van der Waals surface area contributed by atoms with Crippen LogP contribution in [0.2, 0.25) is 44.3 Å². The highest BCUT2D eigenvalue weighted by Crippen LogP contribution is 2.26. The molecule has 0 aromatic heterocycles. The Balaban J connectivity index is 3.16. The fourth-order valence-electron chi connectivity index (χ4n) is 2.16. The summed E-state index contributed by atoms with van der Waals surface area (Å²) in [6.07, 6.45) is 0. The van der Waals surface area contributed by atoms with E-state index in [0.717, 1.165) is 4.90 Å². The lowest BCUT2D eigenvalue weighted by molar-refractivity contribution is 0.665. The summed E-state index contributed by atoms with van der Waals surface area (Å²) in [6, 6.07) is 7.35. The van der Waals surface area contributed by atoms with Crippen LogP contribution in [0.4, 0.5) is 0 Å². The van der Waals surface area contributed by atoms with E-state index in [4.69, 9.17) is 11.6 Å². The molecule has 1 aromatic rings. The van der Waals surface area contributed by atoms with Crippen LogP contribution in [0.1, 0.15) is 0 Å². The Bertz CT molecular complexity index is 423. The fourth-order valence-corrected chi connectivity index (χ4v) is 15.5. The molecule has 1 unspecified atom stereocenters. The SMILES string of the molecule is C[Si](C)(C)N(S(=O)c1ccc(Cl)cc1)[Si](C)(C)C. The third-order valence-electron chi connectivity index (χ3n) is 2.40. The van der Waals surface area contributed by atoms with Crippen LogP contribution >= 0.6 is 11.6 Å². The number of halogens is 1. The maximum atomic E-state index is 12.8. The largest absolute Gasteiger partial charge is 0.264 e. The molecule has 0 fully saturated rings. The molecule has 0 saturated heterocycles. The fraction of sp³-hybridized carbons (Fsp3) is 0.500. The molecule has 0 aliphatic carbocycles. The highest BCUT2D eigenvalue weighted by molar-refractivity contribution is 7.86. The highest BCUT2D eigenvalue weighted by Gasteiger charge is 2.39. The van der Waals surface area contributed by atoms with E-state index < -0.39 is 27.5 Å². The third-order valence-corrected chi connectivity index (χ3v) is 14.4. The van der Waals surface area contributed by atoms with E-state index in [1.165, 1.54) is 0 Å². The molecule has 0 radical (unpaired) electrons. The van der Waals surface area contributed by atoms with Crippen molar-refractivity contribution in [2.45, 2.75) is 44.2 Å². The summed E-state index contributed by atoms with van der Waals surface area (Å²) in [4.78, 5) is 0.851. The smallest absolute Gasteiger partial charge is 0.126 e. The molecule has 0 aliphatic heterocycles. The van der Waals surface area contributed by atoms with Crippen molar-refractivity contribution in [3.8, 4) is 0 Å². The first kappa shape index (κ1) is 16.1. The zero-order valence-electron chi connectivity index (χ0n) is 12.0. The van der Waals surface area contributed by atoms with Gasteiger partial charge in [-0.25, -0.2) is 4.21 Å². The van der Waals surface area contributed by atoms with Crippen molar-refractivity contribution in [2.75, 3.05) is 0 Å². The van der Waals surface area contributed by atoms with Crippen molar-refractivity contribution in [3.05, 3.63) is 29.3 Å². The minimum Gasteiger partial charge on any atom is -0.264 e. The first-order chi connectivity index (χ1) is 8.03. The molecule has 0 heterocycles. The predicted molar refractivity (Wildman–Crippen MR) is 86.4 cm³/mol. The molecule has 0 aliphatic rings. The molecule has 0 amide bonds. The minimum absolute atomic E-state index is 0.684. The Morgan fingerprint density at radius 2 is 1.33 bits per heavy atom. The molecule has 1 rings (SSSR count). The van der Waals surface area contributed by atoms with Gasteiger partial charge in [0.25, 0.3) is 0 Å². The van der Waals surface area contributed by atoms with Gasteiger partial charge in [0.05, 0.1) is 4.90 Å². The molecule has 0 N–H and O–H groups in total. The van der Waals surface area contributed by atoms with Gasteiger partial charge in [-0.05, 0) is 24.3 Å². The molecular formula is C12H22ClNOSSi2. The van der Waals surface area contributed by atoms with E-state index >= 15 is 0 Å². The Morgan fingerprint density at radius 1 is 0.944 bits per heavy atom. The van der Waals surface area contributed by atoms with Crippen molar-refractivity contribution in [2.24, 2.45) is 0 Å². The van der Waals surface area contributed by atoms with Gasteiger partial charge in [-0.2, -0.15) is 0 Å². The topological polar surface area (TPSA) is 20.3 Å². The van der Waals surface area contributed by atoms with Gasteiger partial charge in [-0.1, -0.05) is 50.9 Å². The molecule has 6 heteroatoms. The van der Waals surface area contributed by atoms with Crippen LogP contribution in [0.25, 0.3) is 0 Å². The normalized spacial score (nSPS) is 14.9. The molecule has 102 valence electrons. The molecule has 1 aromatic carbocycles. The van der Waals surface area contributed by atoms with Crippen LogP contribution in [-0.4, -0.2) is 24.3 Å². The highest BCUT2D eigenvalue weighted by atomic mass is 35.5. The van der Waals surface area contributed by atoms with Gasteiger partial charge in [-0.3, -0.25) is 3.64 Å². The van der Waals surface area contributed by atoms with Crippen molar-refractivity contribution in [1.29, 1.82) is 0 Å². The predicted octanol–water partition coefficient (Wildman–Crippen LogP) is 4.33. The molecule has 0 spiro atoms. The Morgan fingerprint density at radius 3 is 1.67 bits per heavy atom. The minimum atomic E-state index is -1.62. The monoisotopic (exact) mass is 319 g/mol. The van der Waals surface area contributed by atoms with Gasteiger partial charge in [0, 0.05) is 5.02 Å². The Labute approximate surface area is 120 Å². The van der Waals surface area contributed by atoms with Crippen LogP contribution in [0, 0.1) is 0 Å². The lowest BCUT2D eigenvalue weighted by atomic mass is 10.4. The molecule has 1 atom stereocenters. The second kappa shape index (κ2) is 5.58. The van der Waals surface area contributed by atoms with Crippen molar-refractivity contribution in [1.82, 2.24) is 3.64 Å². The van der Waals surface area contributed by atoms with Crippen molar-refractivity contribution in [3.63, 3.8) is 0 Å². The maximum Gasteiger partial charge on any atom is 0.126 e. The maximum absolute atomic E-state index is 12.8. The summed E-state index contributed by atoms with van der Waals surface area (Å²) < 4.78 is 15.1. The summed E-state index contributed by atoms with van der Waals surface area (Å²) in [7, 11) is -4.31. The van der Waals surface area contributed by atoms with Crippen molar-refractivity contribution < 1.29 is 4.21 Å². The quantitative estimate of drug-likeness (QED) is 0.756. The van der Waals surface area contributed by atoms with Gasteiger partial charge in [0.1, 0.15) is 27.5 Å². The average Bonchev–Trinajstić information content (AvgIpc) is 2.13. The molecule has 0 saturated carbocycles. The summed E-state index contributed by atoms with van der Waals surface area (Å²) in [5.74, 6) is 0. The summed E-state index contributed by atoms with van der Waals surface area (Å²) >= 11 is 5.88. The van der Waals surface area contributed by atoms with Crippen LogP contribution in [0.15, 0.2) is 29.2 Å². The van der Waals surface area contributed by atoms with Crippen molar-refractivity contribution >= 4 is 39.1 Å². The average molecular weight is 320 g/mol. The van der Waals surface area contributed by atoms with Gasteiger partial charge in [-0.15, -0.1) is 0 Å². The lowest BCUT2D eigenvalue weighted by Gasteiger charge is -2.41. The van der Waals surface area contributed by atoms with Crippen LogP contribution < -0.4 is 0 Å². The first-order valence-electron chi connectivity index (χ1n) is 6.01. The van der Waals surface area contributed by atoms with E-state index in [9.17, 15) is 4.21 Å². The van der Waals surface area contributed by atoms with Gasteiger partial charge in [0.2, 0.25) is 0 Å². The van der Waals surface area contributed by atoms with Crippen LogP contribution in [0.5, 0.6) is 0 Å². The molecule has 0 bridgehead atoms. The van der Waals surface area contributed by atoms with Crippen LogP contribution in [0.3, 0.4) is 0 Å². The first-order valence-corrected chi connectivity index (χ1v) is 14.4. The number of hydrogen-bond acceptors (Lipinski definition) is 1. The number of hydrogen-bond donors (Lipinski definition) is 0. The molecule has 18 heavy (non-hydrogen) atoms. The van der Waals surface area contributed by atoms with Gasteiger partial charge >= 0.3 is 0 Å². The Hall–Kier alpha value is 0.0538. The standard InChI is InChI=1S/C12H22ClNOSSi2/c1-17(2,3)14(18(4,5)6)16(15)12-9-7-11(13)8-10-12/h7-10H,1-6H3. The summed E-state index contributed by atoms with van der Waals surface area (Å²) in [5, 5.41) is 0.684. The van der Waals surface area contributed by atoms with E-state index in [2.05, 4.69) is 42.9 Å². The third kappa shape index (κ3) is 4.03. The van der Waals surface area contributed by atoms with Gasteiger partial charge < -0.3 is 0 Å². The van der Waals surface area contributed by atoms with E-state index in [1.54, 1.807) is 12.1 Å². The summed E-state index contributed by atoms with van der Waals surface area (Å²) in [6.45, 7) is 13.5. The number of rotatable bonds is 4. The van der Waals surface area contributed by atoms with Crippen LogP contribution in [-0.2, 0) is 11.0 Å². The summed E-state index contributed by atoms with van der Waals surface area (Å²) in [5.41, 5.74) is 0. The second-order valence-electron chi connectivity index (χ2n) is 6.34. The second-order valence-corrected chi connectivity index (χ2v) is 18.8. The van der Waals surface area contributed by atoms with E-state index in [0.29, 0.717) is 5.02 Å². The molecular weight excluding hydrogens is 298 g/mol. The van der Waals surface area contributed by atoms with Gasteiger partial charge in [0.15, 0.2) is 0 Å². The molecule has 2 nitrogen and oxygen atoms in total. The van der Waals surface area contributed by atoms with E-state index in [-0.39, 0.29) is 0 Å². The van der Waals surface area contributed by atoms with E-state index in [1.807, 2.05) is 12.1 Å². The zero-order valence-corrected chi connectivity index (χ0v) is 15.5.